The molecule has 0 unspecified atom stereocenters. The maximum atomic E-state index is 8.66. The van der Waals surface area contributed by atoms with Crippen LogP contribution in [0.2, 0.25) is 0 Å². The molecule has 1 fully saturated rings. The number of rotatable bonds is 9. The summed E-state index contributed by atoms with van der Waals surface area (Å²) >= 11 is 0. The molecule has 0 radical (unpaired) electrons. The Morgan fingerprint density at radius 3 is 2.69 bits per heavy atom. The molecule has 1 saturated carbocycles. The van der Waals surface area contributed by atoms with Crippen LogP contribution in [0.3, 0.4) is 0 Å². The van der Waals surface area contributed by atoms with E-state index in [0.717, 1.165) is 38.6 Å². The van der Waals surface area contributed by atoms with Crippen LogP contribution in [0.1, 0.15) is 39.5 Å². The van der Waals surface area contributed by atoms with Gasteiger partial charge in [-0.05, 0) is 30.6 Å². The van der Waals surface area contributed by atoms with Crippen molar-refractivity contribution in [3.05, 3.63) is 0 Å². The predicted octanol–water partition coefficient (Wildman–Crippen LogP) is 2.33. The van der Waals surface area contributed by atoms with Crippen LogP contribution in [0.5, 0.6) is 0 Å². The Kier molecular flexibility index (Phi) is 5.79. The highest BCUT2D eigenvalue weighted by atomic mass is 16.5. The van der Waals surface area contributed by atoms with Gasteiger partial charge in [0.2, 0.25) is 0 Å². The summed E-state index contributed by atoms with van der Waals surface area (Å²) in [5, 5.41) is 12.0. The minimum Gasteiger partial charge on any atom is -0.380 e. The molecule has 0 aliphatic heterocycles. The van der Waals surface area contributed by atoms with Gasteiger partial charge in [0.15, 0.2) is 0 Å². The summed E-state index contributed by atoms with van der Waals surface area (Å²) in [6, 6.07) is 2.27. The average Bonchev–Trinajstić information content (AvgIpc) is 2.97. The molecule has 1 aliphatic carbocycles. The SMILES string of the molecule is CC(C)CCOCCNCC1(CC#N)CC1. The molecular formula is C13H24N2O. The van der Waals surface area contributed by atoms with Gasteiger partial charge in [-0.2, -0.15) is 5.26 Å². The predicted molar refractivity (Wildman–Crippen MR) is 65.0 cm³/mol. The molecule has 1 N–H and O–H groups in total. The summed E-state index contributed by atoms with van der Waals surface area (Å²) in [5.41, 5.74) is 0.312. The van der Waals surface area contributed by atoms with E-state index in [9.17, 15) is 0 Å². The van der Waals surface area contributed by atoms with Crippen molar-refractivity contribution in [3.63, 3.8) is 0 Å². The third-order valence-electron chi connectivity index (χ3n) is 3.17. The number of hydrogen-bond donors (Lipinski definition) is 1. The van der Waals surface area contributed by atoms with Crippen molar-refractivity contribution in [1.29, 1.82) is 5.26 Å². The standard InChI is InChI=1S/C13H24N2O/c1-12(2)3-9-16-10-8-15-11-13(4-5-13)6-7-14/h12,15H,3-6,8-11H2,1-2H3. The fourth-order valence-electron chi connectivity index (χ4n) is 1.68. The molecule has 0 atom stereocenters. The second kappa shape index (κ2) is 6.88. The van der Waals surface area contributed by atoms with E-state index in [0.29, 0.717) is 11.8 Å². The lowest BCUT2D eigenvalue weighted by atomic mass is 10.0. The maximum Gasteiger partial charge on any atom is 0.0628 e. The molecule has 1 rings (SSSR count). The summed E-state index contributed by atoms with van der Waals surface area (Å²) in [7, 11) is 0. The van der Waals surface area contributed by atoms with Gasteiger partial charge in [-0.15, -0.1) is 0 Å². The zero-order valence-electron chi connectivity index (χ0n) is 10.6. The number of nitrogens with one attached hydrogen (secondary N) is 1. The quantitative estimate of drug-likeness (QED) is 0.611. The van der Waals surface area contributed by atoms with Crippen LogP contribution in [0, 0.1) is 22.7 Å². The summed E-state index contributed by atoms with van der Waals surface area (Å²) in [4.78, 5) is 0. The van der Waals surface area contributed by atoms with Crippen LogP contribution in [0.15, 0.2) is 0 Å². The first-order valence-electron chi connectivity index (χ1n) is 6.34. The highest BCUT2D eigenvalue weighted by Crippen LogP contribution is 2.47. The Labute approximate surface area is 99.2 Å². The molecule has 0 aromatic heterocycles. The van der Waals surface area contributed by atoms with Gasteiger partial charge in [0.25, 0.3) is 0 Å². The maximum absolute atomic E-state index is 8.66. The van der Waals surface area contributed by atoms with E-state index in [-0.39, 0.29) is 0 Å². The van der Waals surface area contributed by atoms with Gasteiger partial charge in [0.1, 0.15) is 0 Å². The van der Waals surface area contributed by atoms with Crippen molar-refractivity contribution < 1.29 is 4.74 Å². The number of ether oxygens (including phenoxy) is 1. The van der Waals surface area contributed by atoms with Crippen molar-refractivity contribution >= 4 is 0 Å². The Hall–Kier alpha value is -0.590. The lowest BCUT2D eigenvalue weighted by Crippen LogP contribution is -2.27. The third kappa shape index (κ3) is 5.48. The van der Waals surface area contributed by atoms with Gasteiger partial charge in [-0.3, -0.25) is 0 Å². The van der Waals surface area contributed by atoms with Crippen molar-refractivity contribution in [2.75, 3.05) is 26.3 Å². The number of nitriles is 1. The molecule has 0 aromatic rings. The van der Waals surface area contributed by atoms with E-state index in [4.69, 9.17) is 10.00 Å². The average molecular weight is 224 g/mol. The molecule has 0 amide bonds. The van der Waals surface area contributed by atoms with Crippen molar-refractivity contribution in [1.82, 2.24) is 5.32 Å². The molecule has 92 valence electrons. The van der Waals surface area contributed by atoms with Crippen molar-refractivity contribution in [2.45, 2.75) is 39.5 Å². The second-order valence-corrected chi connectivity index (χ2v) is 5.31. The Morgan fingerprint density at radius 1 is 1.38 bits per heavy atom. The fourth-order valence-corrected chi connectivity index (χ4v) is 1.68. The van der Waals surface area contributed by atoms with Crippen molar-refractivity contribution in [2.24, 2.45) is 11.3 Å². The molecule has 3 nitrogen and oxygen atoms in total. The summed E-state index contributed by atoms with van der Waals surface area (Å²) in [6.07, 6.45) is 4.26. The van der Waals surface area contributed by atoms with E-state index in [1.807, 2.05) is 0 Å². The van der Waals surface area contributed by atoms with Gasteiger partial charge < -0.3 is 10.1 Å². The third-order valence-corrected chi connectivity index (χ3v) is 3.17. The Morgan fingerprint density at radius 2 is 2.12 bits per heavy atom. The minimum absolute atomic E-state index is 0.312. The molecule has 1 aliphatic rings. The smallest absolute Gasteiger partial charge is 0.0628 e. The van der Waals surface area contributed by atoms with Crippen LogP contribution in [0.25, 0.3) is 0 Å². The van der Waals surface area contributed by atoms with Gasteiger partial charge in [0.05, 0.1) is 12.7 Å². The van der Waals surface area contributed by atoms with Gasteiger partial charge in [-0.1, -0.05) is 13.8 Å². The van der Waals surface area contributed by atoms with Crippen LogP contribution < -0.4 is 5.32 Å². The lowest BCUT2D eigenvalue weighted by Gasteiger charge is -2.12. The van der Waals surface area contributed by atoms with Gasteiger partial charge >= 0.3 is 0 Å². The second-order valence-electron chi connectivity index (χ2n) is 5.31. The molecule has 3 heteroatoms. The first-order valence-corrected chi connectivity index (χ1v) is 6.34. The van der Waals surface area contributed by atoms with E-state index in [2.05, 4.69) is 25.2 Å². The lowest BCUT2D eigenvalue weighted by molar-refractivity contribution is 0.124. The number of hydrogen-bond acceptors (Lipinski definition) is 3. The minimum atomic E-state index is 0.312. The largest absolute Gasteiger partial charge is 0.380 e. The van der Waals surface area contributed by atoms with Crippen LogP contribution >= 0.6 is 0 Å². The molecule has 0 heterocycles. The van der Waals surface area contributed by atoms with Gasteiger partial charge in [-0.25, -0.2) is 0 Å². The molecular weight excluding hydrogens is 200 g/mol. The normalized spacial score (nSPS) is 17.4. The van der Waals surface area contributed by atoms with Crippen LogP contribution in [-0.2, 0) is 4.74 Å². The highest BCUT2D eigenvalue weighted by molar-refractivity contribution is 5.00. The molecule has 0 saturated heterocycles. The molecule has 0 spiro atoms. The van der Waals surface area contributed by atoms with E-state index in [1.165, 1.54) is 12.8 Å². The summed E-state index contributed by atoms with van der Waals surface area (Å²) < 4.78 is 5.51. The van der Waals surface area contributed by atoms with Gasteiger partial charge in [0, 0.05) is 26.1 Å². The zero-order chi connectivity index (χ0) is 11.9. The highest BCUT2D eigenvalue weighted by Gasteiger charge is 2.41. The van der Waals surface area contributed by atoms with E-state index in [1.54, 1.807) is 0 Å². The molecule has 16 heavy (non-hydrogen) atoms. The van der Waals surface area contributed by atoms with Crippen molar-refractivity contribution in [3.8, 4) is 6.07 Å². The fraction of sp³-hybridized carbons (Fsp3) is 0.923. The monoisotopic (exact) mass is 224 g/mol. The molecule has 0 aromatic carbocycles. The zero-order valence-corrected chi connectivity index (χ0v) is 10.6. The summed E-state index contributed by atoms with van der Waals surface area (Å²) in [5.74, 6) is 0.721. The Balaban J connectivity index is 1.87. The first kappa shape index (κ1) is 13.5. The van der Waals surface area contributed by atoms with E-state index < -0.39 is 0 Å². The number of nitrogens with zero attached hydrogens (tertiary/aromatic N) is 1. The first-order chi connectivity index (χ1) is 7.68. The molecule has 0 bridgehead atoms. The topological polar surface area (TPSA) is 45.0 Å². The van der Waals surface area contributed by atoms with Crippen LogP contribution in [0.4, 0.5) is 0 Å². The summed E-state index contributed by atoms with van der Waals surface area (Å²) in [6.45, 7) is 7.96. The van der Waals surface area contributed by atoms with E-state index >= 15 is 0 Å². The Bertz CT molecular complexity index is 229. The van der Waals surface area contributed by atoms with Crippen LogP contribution in [-0.4, -0.2) is 26.3 Å².